The summed E-state index contributed by atoms with van der Waals surface area (Å²) < 4.78 is 1.63. The zero-order valence-corrected chi connectivity index (χ0v) is 14.0. The predicted octanol–water partition coefficient (Wildman–Crippen LogP) is 1.20. The van der Waals surface area contributed by atoms with Crippen LogP contribution in [-0.4, -0.2) is 36.6 Å². The second-order valence-electron chi connectivity index (χ2n) is 5.58. The van der Waals surface area contributed by atoms with Gasteiger partial charge in [0.05, 0.1) is 0 Å². The smallest absolute Gasteiger partial charge is 0.274 e. The van der Waals surface area contributed by atoms with Gasteiger partial charge in [-0.3, -0.25) is 14.9 Å². The molecule has 0 bridgehead atoms. The van der Waals surface area contributed by atoms with Crippen molar-refractivity contribution in [1.82, 2.24) is 30.1 Å². The van der Waals surface area contributed by atoms with Gasteiger partial charge in [-0.15, -0.1) is 10.2 Å². The van der Waals surface area contributed by atoms with Crippen LogP contribution < -0.4 is 5.32 Å². The van der Waals surface area contributed by atoms with Gasteiger partial charge >= 0.3 is 0 Å². The third-order valence-electron chi connectivity index (χ3n) is 3.79. The molecule has 2 amide bonds. The first-order valence-electron chi connectivity index (χ1n) is 7.89. The predicted molar refractivity (Wildman–Crippen MR) is 90.5 cm³/mol. The summed E-state index contributed by atoms with van der Waals surface area (Å²) in [6.07, 6.45) is 2.68. The molecule has 2 aromatic heterocycles. The molecule has 0 fully saturated rings. The Kier molecular flexibility index (Phi) is 4.69. The van der Waals surface area contributed by atoms with Crippen molar-refractivity contribution in [2.45, 2.75) is 19.9 Å². The molecule has 0 aliphatic heterocycles. The van der Waals surface area contributed by atoms with Crippen molar-refractivity contribution in [3.8, 4) is 11.4 Å². The summed E-state index contributed by atoms with van der Waals surface area (Å²) in [5.41, 5.74) is 2.44. The largest absolute Gasteiger partial charge is 0.347 e. The van der Waals surface area contributed by atoms with Crippen molar-refractivity contribution < 1.29 is 9.59 Å². The van der Waals surface area contributed by atoms with E-state index in [2.05, 4.69) is 27.7 Å². The molecule has 1 aromatic carbocycles. The van der Waals surface area contributed by atoms with Gasteiger partial charge < -0.3 is 4.57 Å². The van der Waals surface area contributed by atoms with Crippen LogP contribution in [-0.2, 0) is 24.8 Å². The fourth-order valence-corrected chi connectivity index (χ4v) is 2.37. The summed E-state index contributed by atoms with van der Waals surface area (Å²) in [6, 6.07) is 11.2. The van der Waals surface area contributed by atoms with Gasteiger partial charge in [0.25, 0.3) is 11.8 Å². The van der Waals surface area contributed by atoms with E-state index >= 15 is 0 Å². The Morgan fingerprint density at radius 3 is 2.56 bits per heavy atom. The van der Waals surface area contributed by atoms with E-state index in [-0.39, 0.29) is 6.54 Å². The van der Waals surface area contributed by atoms with Crippen molar-refractivity contribution in [2.24, 2.45) is 7.05 Å². The van der Waals surface area contributed by atoms with E-state index < -0.39 is 11.8 Å². The molecule has 0 spiro atoms. The topological polar surface area (TPSA) is 94.7 Å². The highest BCUT2D eigenvalue weighted by Gasteiger charge is 2.14. The molecule has 0 unspecified atom stereocenters. The highest BCUT2D eigenvalue weighted by Crippen LogP contribution is 2.14. The number of hydrogen-bond acceptors (Lipinski definition) is 5. The first kappa shape index (κ1) is 16.6. The monoisotopic (exact) mass is 338 g/mol. The number of benzene rings is 1. The minimum Gasteiger partial charge on any atom is -0.347 e. The Balaban J connectivity index is 1.63. The van der Waals surface area contributed by atoms with Gasteiger partial charge in [-0.25, -0.2) is 0 Å². The third-order valence-corrected chi connectivity index (χ3v) is 3.79. The van der Waals surface area contributed by atoms with Crippen molar-refractivity contribution in [2.75, 3.05) is 0 Å². The van der Waals surface area contributed by atoms with Crippen LogP contribution in [0.3, 0.4) is 0 Å². The molecule has 0 saturated heterocycles. The van der Waals surface area contributed by atoms with Gasteiger partial charge in [-0.2, -0.15) is 4.80 Å². The molecule has 8 heteroatoms. The number of aromatic nitrogens is 5. The Morgan fingerprint density at radius 2 is 1.92 bits per heavy atom. The quantitative estimate of drug-likeness (QED) is 0.754. The minimum absolute atomic E-state index is 0.184. The normalized spacial score (nSPS) is 10.6. The summed E-state index contributed by atoms with van der Waals surface area (Å²) in [5.74, 6) is -0.534. The molecule has 0 aliphatic rings. The van der Waals surface area contributed by atoms with Crippen LogP contribution in [0.15, 0.2) is 42.6 Å². The Bertz CT molecular complexity index is 894. The third kappa shape index (κ3) is 3.79. The number of tetrazole rings is 1. The first-order chi connectivity index (χ1) is 12.1. The fraction of sp³-hybridized carbons (Fsp3) is 0.235. The van der Waals surface area contributed by atoms with Gasteiger partial charge in [0.2, 0.25) is 5.82 Å². The van der Waals surface area contributed by atoms with Crippen molar-refractivity contribution in [3.05, 3.63) is 53.9 Å². The molecule has 0 radical (unpaired) electrons. The Hall–Kier alpha value is -3.29. The van der Waals surface area contributed by atoms with Gasteiger partial charge in [0.1, 0.15) is 12.2 Å². The van der Waals surface area contributed by atoms with Gasteiger partial charge in [-0.1, -0.05) is 31.2 Å². The van der Waals surface area contributed by atoms with Crippen LogP contribution in [0.5, 0.6) is 0 Å². The zero-order chi connectivity index (χ0) is 17.8. The Morgan fingerprint density at radius 1 is 1.16 bits per heavy atom. The lowest BCUT2D eigenvalue weighted by Gasteiger charge is -2.04. The van der Waals surface area contributed by atoms with E-state index in [0.29, 0.717) is 11.5 Å². The van der Waals surface area contributed by atoms with Crippen LogP contribution in [0.1, 0.15) is 23.0 Å². The summed E-state index contributed by atoms with van der Waals surface area (Å²) in [5, 5.41) is 14.3. The summed E-state index contributed by atoms with van der Waals surface area (Å²) in [6.45, 7) is 1.90. The molecule has 3 aromatic rings. The summed E-state index contributed by atoms with van der Waals surface area (Å²) in [7, 11) is 1.73. The molecule has 128 valence electrons. The summed E-state index contributed by atoms with van der Waals surface area (Å²) in [4.78, 5) is 25.1. The average molecular weight is 338 g/mol. The number of aryl methyl sites for hydroxylation is 2. The number of carbonyl (C=O) groups excluding carboxylic acids is 2. The molecule has 3 rings (SSSR count). The standard InChI is InChI=1S/C17H18N6O2/c1-3-12-6-8-13(9-7-12)16-19-21-23(20-16)11-15(24)18-17(25)14-5-4-10-22(14)2/h4-10H,3,11H2,1-2H3,(H,18,24,25). The van der Waals surface area contributed by atoms with E-state index in [4.69, 9.17) is 0 Å². The second-order valence-corrected chi connectivity index (χ2v) is 5.58. The second kappa shape index (κ2) is 7.08. The SMILES string of the molecule is CCc1ccc(-c2nnn(CC(=O)NC(=O)c3cccn3C)n2)cc1. The van der Waals surface area contributed by atoms with Crippen molar-refractivity contribution >= 4 is 11.8 Å². The fourth-order valence-electron chi connectivity index (χ4n) is 2.37. The minimum atomic E-state index is -0.503. The molecule has 0 saturated carbocycles. The van der Waals surface area contributed by atoms with Crippen LogP contribution in [0.25, 0.3) is 11.4 Å². The number of nitrogens with zero attached hydrogens (tertiary/aromatic N) is 5. The number of imide groups is 1. The highest BCUT2D eigenvalue weighted by molar-refractivity contribution is 6.03. The highest BCUT2D eigenvalue weighted by atomic mass is 16.2. The molecule has 0 aliphatic carbocycles. The van der Waals surface area contributed by atoms with Crippen LogP contribution in [0.2, 0.25) is 0 Å². The maximum absolute atomic E-state index is 12.0. The van der Waals surface area contributed by atoms with E-state index in [0.717, 1.165) is 16.8 Å². The molecular weight excluding hydrogens is 320 g/mol. The van der Waals surface area contributed by atoms with E-state index in [1.54, 1.807) is 29.9 Å². The summed E-state index contributed by atoms with van der Waals surface area (Å²) >= 11 is 0. The number of carbonyl (C=O) groups is 2. The van der Waals surface area contributed by atoms with E-state index in [1.165, 1.54) is 5.56 Å². The van der Waals surface area contributed by atoms with Gasteiger partial charge in [-0.05, 0) is 29.3 Å². The van der Waals surface area contributed by atoms with Gasteiger partial charge in [0.15, 0.2) is 0 Å². The van der Waals surface area contributed by atoms with Gasteiger partial charge in [0, 0.05) is 18.8 Å². The van der Waals surface area contributed by atoms with E-state index in [1.807, 2.05) is 24.3 Å². The van der Waals surface area contributed by atoms with Crippen molar-refractivity contribution in [1.29, 1.82) is 0 Å². The number of amides is 2. The average Bonchev–Trinajstić information content (AvgIpc) is 3.24. The molecular formula is C17H18N6O2. The lowest BCUT2D eigenvalue weighted by molar-refractivity contribution is -0.121. The maximum Gasteiger partial charge on any atom is 0.274 e. The van der Waals surface area contributed by atoms with Crippen LogP contribution in [0.4, 0.5) is 0 Å². The van der Waals surface area contributed by atoms with Crippen LogP contribution in [0, 0.1) is 0 Å². The first-order valence-corrected chi connectivity index (χ1v) is 7.89. The molecule has 2 heterocycles. The molecule has 0 atom stereocenters. The molecule has 25 heavy (non-hydrogen) atoms. The maximum atomic E-state index is 12.0. The van der Waals surface area contributed by atoms with Crippen LogP contribution >= 0.6 is 0 Å². The van der Waals surface area contributed by atoms with Crippen molar-refractivity contribution in [3.63, 3.8) is 0 Å². The number of rotatable bonds is 5. The number of nitrogens with one attached hydrogen (secondary N) is 1. The number of hydrogen-bond donors (Lipinski definition) is 1. The zero-order valence-electron chi connectivity index (χ0n) is 14.0. The molecule has 8 nitrogen and oxygen atoms in total. The molecule has 1 N–H and O–H groups in total. The lowest BCUT2D eigenvalue weighted by atomic mass is 10.1. The van der Waals surface area contributed by atoms with E-state index in [9.17, 15) is 9.59 Å². The lowest BCUT2D eigenvalue weighted by Crippen LogP contribution is -2.34. The Labute approximate surface area is 144 Å².